The summed E-state index contributed by atoms with van der Waals surface area (Å²) in [5.41, 5.74) is 2.24. The third kappa shape index (κ3) is 4.23. The van der Waals surface area contributed by atoms with Crippen LogP contribution in [-0.4, -0.2) is 41.2 Å². The Kier molecular flexibility index (Phi) is 5.98. The number of amides is 1. The number of aromatic nitrogens is 2. The van der Waals surface area contributed by atoms with Gasteiger partial charge in [0.1, 0.15) is 5.76 Å². The molecular weight excluding hydrogens is 364 g/mol. The van der Waals surface area contributed by atoms with Gasteiger partial charge < -0.3 is 9.73 Å². The van der Waals surface area contributed by atoms with E-state index in [4.69, 9.17) is 16.0 Å². The minimum atomic E-state index is -0.154. The van der Waals surface area contributed by atoms with Crippen LogP contribution in [0.3, 0.4) is 0 Å². The maximum absolute atomic E-state index is 12.8. The van der Waals surface area contributed by atoms with Crippen molar-refractivity contribution in [2.45, 2.75) is 19.4 Å². The van der Waals surface area contributed by atoms with Gasteiger partial charge in [-0.2, -0.15) is 5.10 Å². The summed E-state index contributed by atoms with van der Waals surface area (Å²) >= 11 is 6.09. The number of halogens is 1. The lowest BCUT2D eigenvalue weighted by Gasteiger charge is -2.22. The van der Waals surface area contributed by atoms with Gasteiger partial charge in [-0.3, -0.25) is 9.69 Å². The molecule has 1 N–H and O–H groups in total. The van der Waals surface area contributed by atoms with Crippen LogP contribution >= 0.6 is 11.6 Å². The van der Waals surface area contributed by atoms with Crippen LogP contribution in [0.15, 0.2) is 53.3 Å². The van der Waals surface area contributed by atoms with E-state index >= 15 is 0 Å². The zero-order chi connectivity index (χ0) is 19.4. The second-order valence-corrected chi connectivity index (χ2v) is 6.89. The maximum atomic E-state index is 12.8. The fourth-order valence-electron chi connectivity index (χ4n) is 3.04. The van der Waals surface area contributed by atoms with Crippen LogP contribution in [0.2, 0.25) is 5.02 Å². The van der Waals surface area contributed by atoms with E-state index in [0.717, 1.165) is 17.1 Å². The highest BCUT2D eigenvalue weighted by Gasteiger charge is 2.21. The molecule has 1 amide bonds. The zero-order valence-corrected chi connectivity index (χ0v) is 16.4. The van der Waals surface area contributed by atoms with E-state index in [-0.39, 0.29) is 11.9 Å². The van der Waals surface area contributed by atoms with Crippen molar-refractivity contribution in [2.75, 3.05) is 20.6 Å². The molecule has 2 aromatic heterocycles. The number of furan rings is 1. The van der Waals surface area contributed by atoms with Gasteiger partial charge in [-0.05, 0) is 50.8 Å². The molecule has 0 spiro atoms. The van der Waals surface area contributed by atoms with Crippen LogP contribution in [0.4, 0.5) is 0 Å². The van der Waals surface area contributed by atoms with Crippen LogP contribution < -0.4 is 5.32 Å². The Labute approximate surface area is 163 Å². The summed E-state index contributed by atoms with van der Waals surface area (Å²) in [4.78, 5) is 14.8. The predicted octanol–water partition coefficient (Wildman–Crippen LogP) is 3.71. The van der Waals surface area contributed by atoms with Gasteiger partial charge >= 0.3 is 0 Å². The van der Waals surface area contributed by atoms with E-state index in [1.165, 1.54) is 0 Å². The number of hydrogen-bond donors (Lipinski definition) is 1. The van der Waals surface area contributed by atoms with Crippen LogP contribution in [0.1, 0.15) is 34.8 Å². The summed E-state index contributed by atoms with van der Waals surface area (Å²) in [6.45, 7) is 2.44. The molecule has 0 radical (unpaired) electrons. The van der Waals surface area contributed by atoms with Gasteiger partial charge in [0.25, 0.3) is 5.91 Å². The molecule has 0 bridgehead atoms. The first-order valence-electron chi connectivity index (χ1n) is 8.82. The molecule has 0 aliphatic heterocycles. The molecule has 0 aliphatic carbocycles. The zero-order valence-electron chi connectivity index (χ0n) is 15.6. The average molecular weight is 387 g/mol. The van der Waals surface area contributed by atoms with Crippen molar-refractivity contribution in [1.82, 2.24) is 20.0 Å². The number of hydrogen-bond acceptors (Lipinski definition) is 4. The topological polar surface area (TPSA) is 63.3 Å². The first-order valence-corrected chi connectivity index (χ1v) is 9.20. The average Bonchev–Trinajstić information content (AvgIpc) is 3.31. The number of nitrogens with zero attached hydrogens (tertiary/aromatic N) is 3. The molecule has 0 fully saturated rings. The lowest BCUT2D eigenvalue weighted by molar-refractivity contribution is 0.0938. The maximum Gasteiger partial charge on any atom is 0.254 e. The lowest BCUT2D eigenvalue weighted by Crippen LogP contribution is -2.34. The van der Waals surface area contributed by atoms with Crippen molar-refractivity contribution in [3.63, 3.8) is 0 Å². The van der Waals surface area contributed by atoms with Crippen molar-refractivity contribution >= 4 is 17.5 Å². The minimum absolute atomic E-state index is 0.0444. The summed E-state index contributed by atoms with van der Waals surface area (Å²) in [5, 5.41) is 8.03. The van der Waals surface area contributed by atoms with Gasteiger partial charge in [-0.1, -0.05) is 24.6 Å². The molecular formula is C20H23ClN4O2. The van der Waals surface area contributed by atoms with Crippen molar-refractivity contribution in [2.24, 2.45) is 0 Å². The minimum Gasteiger partial charge on any atom is -0.468 e. The smallest absolute Gasteiger partial charge is 0.254 e. The first-order chi connectivity index (χ1) is 13.0. The molecule has 3 rings (SSSR count). The van der Waals surface area contributed by atoms with E-state index in [9.17, 15) is 4.79 Å². The molecule has 142 valence electrons. The van der Waals surface area contributed by atoms with Gasteiger partial charge in [0.05, 0.1) is 35.4 Å². The molecule has 1 atom stereocenters. The van der Waals surface area contributed by atoms with Gasteiger partial charge in [0.2, 0.25) is 0 Å². The number of likely N-dealkylation sites (N-methyl/N-ethyl adjacent to an activating group) is 1. The second kappa shape index (κ2) is 8.41. The van der Waals surface area contributed by atoms with Crippen LogP contribution in [0, 0.1) is 0 Å². The van der Waals surface area contributed by atoms with Crippen LogP contribution in [0.5, 0.6) is 0 Å². The predicted molar refractivity (Wildman–Crippen MR) is 105 cm³/mol. The summed E-state index contributed by atoms with van der Waals surface area (Å²) < 4.78 is 7.25. The number of carbonyl (C=O) groups excluding carboxylic acids is 1. The fraction of sp³-hybridized carbons (Fsp3) is 0.300. The molecule has 0 saturated carbocycles. The van der Waals surface area contributed by atoms with Gasteiger partial charge in [0, 0.05) is 11.6 Å². The Balaban J connectivity index is 1.79. The third-order valence-electron chi connectivity index (χ3n) is 4.45. The Morgan fingerprint density at radius 3 is 2.78 bits per heavy atom. The Morgan fingerprint density at radius 2 is 2.15 bits per heavy atom. The van der Waals surface area contributed by atoms with Crippen molar-refractivity contribution in [3.05, 3.63) is 70.9 Å². The lowest BCUT2D eigenvalue weighted by atomic mass is 10.1. The van der Waals surface area contributed by atoms with Gasteiger partial charge in [-0.15, -0.1) is 0 Å². The highest BCUT2D eigenvalue weighted by atomic mass is 35.5. The SMILES string of the molecule is CCc1c(C(=O)NCC(c2ccco2)N(C)C)cnn1-c1cccc(Cl)c1. The van der Waals surface area contributed by atoms with Crippen molar-refractivity contribution < 1.29 is 9.21 Å². The molecule has 0 saturated heterocycles. The summed E-state index contributed by atoms with van der Waals surface area (Å²) in [5.74, 6) is 0.657. The number of rotatable bonds is 7. The monoisotopic (exact) mass is 386 g/mol. The fourth-order valence-corrected chi connectivity index (χ4v) is 3.22. The molecule has 1 aromatic carbocycles. The van der Waals surface area contributed by atoms with E-state index in [2.05, 4.69) is 10.4 Å². The number of nitrogens with one attached hydrogen (secondary N) is 1. The summed E-state index contributed by atoms with van der Waals surface area (Å²) in [6.07, 6.45) is 3.91. The van der Waals surface area contributed by atoms with E-state index in [1.807, 2.05) is 62.3 Å². The molecule has 2 heterocycles. The third-order valence-corrected chi connectivity index (χ3v) is 4.69. The van der Waals surface area contributed by atoms with E-state index in [1.54, 1.807) is 17.1 Å². The normalized spacial score (nSPS) is 12.3. The highest BCUT2D eigenvalue weighted by molar-refractivity contribution is 6.30. The van der Waals surface area contributed by atoms with Crippen molar-refractivity contribution in [3.8, 4) is 5.69 Å². The Hall–Kier alpha value is -2.57. The molecule has 0 aliphatic rings. The van der Waals surface area contributed by atoms with Crippen molar-refractivity contribution in [1.29, 1.82) is 0 Å². The molecule has 6 nitrogen and oxygen atoms in total. The number of carbonyl (C=O) groups is 1. The first kappa shape index (κ1) is 19.2. The molecule has 7 heteroatoms. The van der Waals surface area contributed by atoms with E-state index in [0.29, 0.717) is 23.6 Å². The van der Waals surface area contributed by atoms with Crippen LogP contribution in [-0.2, 0) is 6.42 Å². The Morgan fingerprint density at radius 1 is 1.33 bits per heavy atom. The second-order valence-electron chi connectivity index (χ2n) is 6.46. The van der Waals surface area contributed by atoms with Gasteiger partial charge in [0.15, 0.2) is 0 Å². The standard InChI is InChI=1S/C20H23ClN4O2/c1-4-17-16(12-23-25(17)15-8-5-7-14(21)11-15)20(26)22-13-18(24(2)3)19-9-6-10-27-19/h5-12,18H,4,13H2,1-3H3,(H,22,26). The Bertz CT molecular complexity index is 903. The molecule has 1 unspecified atom stereocenters. The largest absolute Gasteiger partial charge is 0.468 e. The highest BCUT2D eigenvalue weighted by Crippen LogP contribution is 2.20. The van der Waals surface area contributed by atoms with E-state index < -0.39 is 0 Å². The molecule has 27 heavy (non-hydrogen) atoms. The summed E-state index contributed by atoms with van der Waals surface area (Å²) in [7, 11) is 3.90. The molecule has 3 aromatic rings. The number of benzene rings is 1. The van der Waals surface area contributed by atoms with Crippen LogP contribution in [0.25, 0.3) is 5.69 Å². The summed E-state index contributed by atoms with van der Waals surface area (Å²) in [6, 6.07) is 11.1. The quantitative estimate of drug-likeness (QED) is 0.672. The van der Waals surface area contributed by atoms with Gasteiger partial charge in [-0.25, -0.2) is 4.68 Å².